The molecule has 3 unspecified atom stereocenters. The highest BCUT2D eigenvalue weighted by atomic mass is 16.6. The first-order valence-corrected chi connectivity index (χ1v) is 7.49. The minimum Gasteiger partial charge on any atom is -0.633 e. The molecule has 0 spiro atoms. The van der Waals surface area contributed by atoms with Crippen molar-refractivity contribution in [3.63, 3.8) is 0 Å². The molecule has 0 amide bonds. The van der Waals surface area contributed by atoms with Gasteiger partial charge < -0.3 is 19.7 Å². The maximum absolute atomic E-state index is 12.4. The molecule has 1 aromatic rings. The monoisotopic (exact) mass is 291 g/mol. The van der Waals surface area contributed by atoms with Crippen LogP contribution >= 0.6 is 0 Å². The number of carbonyl (C=O) groups is 1. The van der Waals surface area contributed by atoms with Crippen LogP contribution in [0.2, 0.25) is 0 Å². The molecule has 0 aromatic heterocycles. The zero-order valence-corrected chi connectivity index (χ0v) is 12.1. The van der Waals surface area contributed by atoms with Crippen LogP contribution in [0.4, 0.5) is 0 Å². The van der Waals surface area contributed by atoms with Crippen molar-refractivity contribution in [2.75, 3.05) is 7.05 Å². The van der Waals surface area contributed by atoms with E-state index in [1.807, 2.05) is 6.07 Å². The summed E-state index contributed by atoms with van der Waals surface area (Å²) in [6.07, 6.45) is 1.51. The van der Waals surface area contributed by atoms with Crippen molar-refractivity contribution in [2.45, 2.75) is 50.0 Å². The van der Waals surface area contributed by atoms with E-state index in [0.717, 1.165) is 12.8 Å². The Morgan fingerprint density at radius 2 is 1.86 bits per heavy atom. The number of hydrogen-bond acceptors (Lipinski definition) is 4. The summed E-state index contributed by atoms with van der Waals surface area (Å²) in [5, 5.41) is 22.4. The number of aliphatic hydroxyl groups excluding tert-OH is 1. The maximum atomic E-state index is 12.4. The van der Waals surface area contributed by atoms with Crippen molar-refractivity contribution in [3.05, 3.63) is 41.1 Å². The number of hydrogen-bond donors (Lipinski definition) is 1. The number of piperidine rings is 1. The van der Waals surface area contributed by atoms with Crippen LogP contribution in [0.3, 0.4) is 0 Å². The van der Waals surface area contributed by atoms with Gasteiger partial charge in [0.25, 0.3) is 0 Å². The Kier molecular flexibility index (Phi) is 3.73. The summed E-state index contributed by atoms with van der Waals surface area (Å²) in [6, 6.07) is 8.81. The molecule has 5 nitrogen and oxygen atoms in total. The van der Waals surface area contributed by atoms with Gasteiger partial charge in [0.2, 0.25) is 0 Å². The van der Waals surface area contributed by atoms with E-state index < -0.39 is 12.1 Å². The van der Waals surface area contributed by atoms with Gasteiger partial charge in [0, 0.05) is 25.7 Å². The molecule has 21 heavy (non-hydrogen) atoms. The lowest BCUT2D eigenvalue weighted by molar-refractivity contribution is -0.903. The number of esters is 1. The Labute approximate surface area is 124 Å². The fourth-order valence-electron chi connectivity index (χ4n) is 3.65. The fraction of sp³-hybridized carbons (Fsp3) is 0.562. The number of hydroxylamine groups is 3. The normalized spacial score (nSPS) is 36.2. The van der Waals surface area contributed by atoms with E-state index in [2.05, 4.69) is 0 Å². The highest BCUT2D eigenvalue weighted by molar-refractivity contribution is 5.76. The third-order valence-electron chi connectivity index (χ3n) is 4.97. The van der Waals surface area contributed by atoms with Gasteiger partial charge in [-0.2, -0.15) is 0 Å². The van der Waals surface area contributed by atoms with Gasteiger partial charge in [0.05, 0.1) is 19.1 Å². The smallest absolute Gasteiger partial charge is 0.339 e. The molecule has 0 saturated carbocycles. The lowest BCUT2D eigenvalue weighted by Crippen LogP contribution is -2.55. The minimum absolute atomic E-state index is 0.0235. The first kappa shape index (κ1) is 14.5. The van der Waals surface area contributed by atoms with Crippen LogP contribution < -0.4 is 0 Å². The summed E-state index contributed by atoms with van der Waals surface area (Å²) in [7, 11) is 1.72. The first-order valence-electron chi connectivity index (χ1n) is 7.49. The number of fused-ring (bicyclic) bond motifs is 2. The molecule has 114 valence electrons. The molecule has 5 atom stereocenters. The van der Waals surface area contributed by atoms with E-state index in [0.29, 0.717) is 18.4 Å². The molecular formula is C16H21NO4. The van der Waals surface area contributed by atoms with Crippen molar-refractivity contribution in [3.8, 4) is 0 Å². The predicted octanol–water partition coefficient (Wildman–Crippen LogP) is 1.90. The zero-order valence-electron chi connectivity index (χ0n) is 12.1. The van der Waals surface area contributed by atoms with E-state index in [4.69, 9.17) is 4.74 Å². The van der Waals surface area contributed by atoms with E-state index in [9.17, 15) is 15.1 Å². The van der Waals surface area contributed by atoms with Crippen molar-refractivity contribution in [1.29, 1.82) is 0 Å². The summed E-state index contributed by atoms with van der Waals surface area (Å²) in [6.45, 7) is 0. The summed E-state index contributed by atoms with van der Waals surface area (Å²) >= 11 is 0. The highest BCUT2D eigenvalue weighted by Crippen LogP contribution is 2.41. The van der Waals surface area contributed by atoms with Crippen molar-refractivity contribution in [2.24, 2.45) is 0 Å². The predicted molar refractivity (Wildman–Crippen MR) is 76.9 cm³/mol. The number of aliphatic hydroxyl groups is 1. The van der Waals surface area contributed by atoms with Crippen molar-refractivity contribution >= 4 is 5.97 Å². The van der Waals surface area contributed by atoms with Crippen LogP contribution in [0.25, 0.3) is 0 Å². The fourth-order valence-corrected chi connectivity index (χ4v) is 3.65. The van der Waals surface area contributed by atoms with E-state index in [1.165, 1.54) is 0 Å². The van der Waals surface area contributed by atoms with Crippen LogP contribution in [0.15, 0.2) is 30.3 Å². The number of benzene rings is 1. The standard InChI is InChI=1S/C16H21NO4/c1-17(20)12-7-8-13(17)10-14(9-12)21-16(19)15(18)11-5-3-2-4-6-11/h2-6,12-15,18H,7-10H2,1H3/t12-,13+,14?,15?,17?. The SMILES string of the molecule is C[N+]1([O-])[C@@H]2CC[C@H]1CC(OC(=O)C(O)c1ccccc1)C2. The van der Waals surface area contributed by atoms with Gasteiger partial charge >= 0.3 is 5.97 Å². The number of rotatable bonds is 3. The Hall–Kier alpha value is -1.43. The number of quaternary nitrogens is 1. The molecule has 0 radical (unpaired) electrons. The summed E-state index contributed by atoms with van der Waals surface area (Å²) < 4.78 is 5.24. The van der Waals surface area contributed by atoms with Crippen molar-refractivity contribution in [1.82, 2.24) is 0 Å². The summed E-state index contributed by atoms with van der Waals surface area (Å²) in [5.74, 6) is -0.618. The molecule has 2 bridgehead atoms. The van der Waals surface area contributed by atoms with E-state index in [1.54, 1.807) is 31.3 Å². The summed E-state index contributed by atoms with van der Waals surface area (Å²) in [5.41, 5.74) is 0.533. The molecular weight excluding hydrogens is 270 g/mol. The number of nitrogens with zero attached hydrogens (tertiary/aromatic N) is 1. The zero-order chi connectivity index (χ0) is 15.0. The van der Waals surface area contributed by atoms with Gasteiger partial charge in [-0.1, -0.05) is 30.3 Å². The molecule has 1 N–H and O–H groups in total. The average Bonchev–Trinajstić information content (AvgIpc) is 2.67. The van der Waals surface area contributed by atoms with Crippen LogP contribution in [-0.4, -0.2) is 41.0 Å². The number of carbonyl (C=O) groups excluding carboxylic acids is 1. The second kappa shape index (κ2) is 5.40. The third-order valence-corrected chi connectivity index (χ3v) is 4.97. The van der Waals surface area contributed by atoms with Crippen LogP contribution in [0, 0.1) is 5.21 Å². The Balaban J connectivity index is 1.62. The maximum Gasteiger partial charge on any atom is 0.339 e. The van der Waals surface area contributed by atoms with Gasteiger partial charge in [0.15, 0.2) is 6.10 Å². The Morgan fingerprint density at radius 3 is 2.43 bits per heavy atom. The summed E-state index contributed by atoms with van der Waals surface area (Å²) in [4.78, 5) is 12.1. The second-order valence-electron chi connectivity index (χ2n) is 6.29. The second-order valence-corrected chi connectivity index (χ2v) is 6.29. The van der Waals surface area contributed by atoms with Gasteiger partial charge in [-0.3, -0.25) is 0 Å². The highest BCUT2D eigenvalue weighted by Gasteiger charge is 2.48. The number of ether oxygens (including phenoxy) is 1. The molecule has 2 heterocycles. The molecule has 5 heteroatoms. The molecule has 2 saturated heterocycles. The third kappa shape index (κ3) is 2.69. The molecule has 2 fully saturated rings. The van der Waals surface area contributed by atoms with E-state index >= 15 is 0 Å². The van der Waals surface area contributed by atoms with Crippen LogP contribution in [-0.2, 0) is 9.53 Å². The first-order chi connectivity index (χ1) is 9.98. The minimum atomic E-state index is -1.25. The largest absolute Gasteiger partial charge is 0.633 e. The average molecular weight is 291 g/mol. The van der Waals surface area contributed by atoms with Gasteiger partial charge in [0.1, 0.15) is 6.10 Å². The Bertz CT molecular complexity index is 500. The lowest BCUT2D eigenvalue weighted by atomic mass is 9.99. The molecule has 0 aliphatic carbocycles. The molecule has 1 aromatic carbocycles. The topological polar surface area (TPSA) is 69.6 Å². The lowest BCUT2D eigenvalue weighted by Gasteiger charge is -2.50. The van der Waals surface area contributed by atoms with E-state index in [-0.39, 0.29) is 22.8 Å². The van der Waals surface area contributed by atoms with Crippen LogP contribution in [0.1, 0.15) is 37.4 Å². The van der Waals surface area contributed by atoms with Gasteiger partial charge in [-0.05, 0) is 5.56 Å². The molecule has 2 aliphatic heterocycles. The quantitative estimate of drug-likeness (QED) is 0.524. The Morgan fingerprint density at radius 1 is 1.29 bits per heavy atom. The van der Waals surface area contributed by atoms with Crippen molar-refractivity contribution < 1.29 is 19.3 Å². The van der Waals surface area contributed by atoms with Gasteiger partial charge in [-0.15, -0.1) is 0 Å². The van der Waals surface area contributed by atoms with Crippen LogP contribution in [0.5, 0.6) is 0 Å². The molecule has 3 rings (SSSR count). The molecule has 2 aliphatic rings. The van der Waals surface area contributed by atoms with Gasteiger partial charge in [-0.25, -0.2) is 4.79 Å².